The van der Waals surface area contributed by atoms with E-state index in [0.29, 0.717) is 0 Å². The number of hydrogen-bond donors (Lipinski definition) is 1. The Hall–Kier alpha value is -1.62. The molecule has 5 heteroatoms. The Morgan fingerprint density at radius 3 is 2.76 bits per heavy atom. The molecule has 21 heavy (non-hydrogen) atoms. The van der Waals surface area contributed by atoms with Crippen LogP contribution >= 0.6 is 0 Å². The molecule has 1 N–H and O–H groups in total. The van der Waals surface area contributed by atoms with Crippen molar-refractivity contribution >= 4 is 0 Å². The molecular formula is C16H25N5. The molecule has 0 bridgehead atoms. The molecule has 3 heterocycles. The van der Waals surface area contributed by atoms with E-state index < -0.39 is 0 Å². The molecule has 0 saturated carbocycles. The molecule has 0 radical (unpaired) electrons. The molecular weight excluding hydrogens is 262 g/mol. The minimum atomic E-state index is 0.0668. The SMILES string of the molecule is Cc1cnn(CCn2c(C(C)(C)C)nc3c2CCNC3)c1. The average molecular weight is 287 g/mol. The van der Waals surface area contributed by atoms with Crippen LogP contribution in [0.1, 0.15) is 43.5 Å². The number of fused-ring (bicyclic) bond motifs is 1. The van der Waals surface area contributed by atoms with Gasteiger partial charge in [0.05, 0.1) is 18.4 Å². The smallest absolute Gasteiger partial charge is 0.114 e. The summed E-state index contributed by atoms with van der Waals surface area (Å²) in [6.45, 7) is 12.6. The van der Waals surface area contributed by atoms with Crippen molar-refractivity contribution in [1.82, 2.24) is 24.6 Å². The summed E-state index contributed by atoms with van der Waals surface area (Å²) in [4.78, 5) is 4.91. The Balaban J connectivity index is 1.90. The van der Waals surface area contributed by atoms with Crippen molar-refractivity contribution in [3.63, 3.8) is 0 Å². The predicted molar refractivity (Wildman–Crippen MR) is 83.3 cm³/mol. The second-order valence-corrected chi connectivity index (χ2v) is 6.94. The highest BCUT2D eigenvalue weighted by Gasteiger charge is 2.26. The molecule has 0 spiro atoms. The van der Waals surface area contributed by atoms with Gasteiger partial charge in [-0.1, -0.05) is 20.8 Å². The van der Waals surface area contributed by atoms with Crippen LogP contribution in [-0.4, -0.2) is 25.9 Å². The number of nitrogens with zero attached hydrogens (tertiary/aromatic N) is 4. The molecule has 3 rings (SSSR count). The van der Waals surface area contributed by atoms with Gasteiger partial charge in [0.2, 0.25) is 0 Å². The van der Waals surface area contributed by atoms with Crippen LogP contribution in [0.25, 0.3) is 0 Å². The summed E-state index contributed by atoms with van der Waals surface area (Å²) in [5.74, 6) is 1.19. The molecule has 114 valence electrons. The summed E-state index contributed by atoms with van der Waals surface area (Å²) in [6.07, 6.45) is 5.08. The Morgan fingerprint density at radius 2 is 2.10 bits per heavy atom. The van der Waals surface area contributed by atoms with Crippen molar-refractivity contribution in [1.29, 1.82) is 0 Å². The summed E-state index contributed by atoms with van der Waals surface area (Å²) in [7, 11) is 0. The fraction of sp³-hybridized carbons (Fsp3) is 0.625. The first kappa shape index (κ1) is 14.3. The molecule has 0 saturated heterocycles. The van der Waals surface area contributed by atoms with Crippen LogP contribution in [0.15, 0.2) is 12.4 Å². The maximum atomic E-state index is 4.91. The second kappa shape index (κ2) is 5.30. The average Bonchev–Trinajstić information content (AvgIpc) is 2.99. The largest absolute Gasteiger partial charge is 0.329 e. The van der Waals surface area contributed by atoms with Gasteiger partial charge in [0.25, 0.3) is 0 Å². The van der Waals surface area contributed by atoms with E-state index in [1.807, 2.05) is 10.9 Å². The van der Waals surface area contributed by atoms with Gasteiger partial charge in [-0.25, -0.2) is 4.98 Å². The molecule has 1 aliphatic heterocycles. The fourth-order valence-electron chi connectivity index (χ4n) is 2.98. The minimum Gasteiger partial charge on any atom is -0.329 e. The lowest BCUT2D eigenvalue weighted by Gasteiger charge is -2.22. The Morgan fingerprint density at radius 1 is 1.29 bits per heavy atom. The topological polar surface area (TPSA) is 47.7 Å². The second-order valence-electron chi connectivity index (χ2n) is 6.94. The van der Waals surface area contributed by atoms with Crippen LogP contribution in [0.2, 0.25) is 0 Å². The van der Waals surface area contributed by atoms with E-state index in [1.54, 1.807) is 0 Å². The van der Waals surface area contributed by atoms with E-state index in [9.17, 15) is 0 Å². The normalized spacial score (nSPS) is 15.2. The van der Waals surface area contributed by atoms with Gasteiger partial charge in [-0.15, -0.1) is 0 Å². The number of aromatic nitrogens is 4. The van der Waals surface area contributed by atoms with Gasteiger partial charge in [0, 0.05) is 43.4 Å². The molecule has 0 unspecified atom stereocenters. The van der Waals surface area contributed by atoms with Gasteiger partial charge >= 0.3 is 0 Å². The Labute approximate surface area is 126 Å². The van der Waals surface area contributed by atoms with Gasteiger partial charge in [-0.05, 0) is 12.5 Å². The van der Waals surface area contributed by atoms with E-state index in [1.165, 1.54) is 22.8 Å². The third-order valence-electron chi connectivity index (χ3n) is 3.97. The van der Waals surface area contributed by atoms with Crippen LogP contribution in [0.3, 0.4) is 0 Å². The van der Waals surface area contributed by atoms with Gasteiger partial charge in [-0.3, -0.25) is 4.68 Å². The first-order valence-corrected chi connectivity index (χ1v) is 7.73. The van der Waals surface area contributed by atoms with Crippen molar-refractivity contribution in [3.05, 3.63) is 35.2 Å². The van der Waals surface area contributed by atoms with E-state index in [-0.39, 0.29) is 5.41 Å². The molecule has 1 aliphatic rings. The van der Waals surface area contributed by atoms with Crippen molar-refractivity contribution in [3.8, 4) is 0 Å². The van der Waals surface area contributed by atoms with E-state index in [2.05, 4.69) is 48.9 Å². The van der Waals surface area contributed by atoms with Gasteiger partial charge in [0.1, 0.15) is 5.82 Å². The number of imidazole rings is 1. The van der Waals surface area contributed by atoms with Crippen LogP contribution < -0.4 is 5.32 Å². The standard InChI is InChI=1S/C16H25N5/c1-12-9-18-20(11-12)7-8-21-14-5-6-17-10-13(14)19-15(21)16(2,3)4/h9,11,17H,5-8,10H2,1-4H3. The summed E-state index contributed by atoms with van der Waals surface area (Å²) >= 11 is 0. The monoisotopic (exact) mass is 287 g/mol. The Bertz CT molecular complexity index is 630. The lowest BCUT2D eigenvalue weighted by molar-refractivity contribution is 0.453. The molecule has 2 aromatic heterocycles. The molecule has 0 atom stereocenters. The Kier molecular flexibility index (Phi) is 3.61. The summed E-state index contributed by atoms with van der Waals surface area (Å²) in [5.41, 5.74) is 3.91. The van der Waals surface area contributed by atoms with Gasteiger partial charge in [-0.2, -0.15) is 5.10 Å². The molecule has 5 nitrogen and oxygen atoms in total. The molecule has 0 aromatic carbocycles. The van der Waals surface area contributed by atoms with Crippen molar-refractivity contribution in [2.75, 3.05) is 6.54 Å². The van der Waals surface area contributed by atoms with Crippen LogP contribution in [-0.2, 0) is 31.5 Å². The van der Waals surface area contributed by atoms with Crippen molar-refractivity contribution in [2.45, 2.75) is 59.2 Å². The van der Waals surface area contributed by atoms with Crippen LogP contribution in [0.5, 0.6) is 0 Å². The minimum absolute atomic E-state index is 0.0668. The van der Waals surface area contributed by atoms with E-state index in [0.717, 1.165) is 32.6 Å². The predicted octanol–water partition coefficient (Wildman–Crippen LogP) is 2.03. The maximum absolute atomic E-state index is 4.91. The van der Waals surface area contributed by atoms with Crippen molar-refractivity contribution < 1.29 is 0 Å². The van der Waals surface area contributed by atoms with Gasteiger partial charge in [0.15, 0.2) is 0 Å². The number of rotatable bonds is 3. The molecule has 0 amide bonds. The van der Waals surface area contributed by atoms with Crippen molar-refractivity contribution in [2.24, 2.45) is 0 Å². The highest BCUT2D eigenvalue weighted by atomic mass is 15.3. The number of nitrogens with one attached hydrogen (secondary N) is 1. The number of aryl methyl sites for hydroxylation is 2. The highest BCUT2D eigenvalue weighted by Crippen LogP contribution is 2.26. The maximum Gasteiger partial charge on any atom is 0.114 e. The zero-order valence-corrected chi connectivity index (χ0v) is 13.5. The molecule has 0 fully saturated rings. The molecule has 2 aromatic rings. The summed E-state index contributed by atoms with van der Waals surface area (Å²) in [5, 5.41) is 7.81. The summed E-state index contributed by atoms with van der Waals surface area (Å²) in [6, 6.07) is 0. The van der Waals surface area contributed by atoms with E-state index >= 15 is 0 Å². The first-order valence-electron chi connectivity index (χ1n) is 7.73. The van der Waals surface area contributed by atoms with Gasteiger partial charge < -0.3 is 9.88 Å². The highest BCUT2D eigenvalue weighted by molar-refractivity contribution is 5.23. The zero-order chi connectivity index (χ0) is 15.0. The number of hydrogen-bond acceptors (Lipinski definition) is 3. The zero-order valence-electron chi connectivity index (χ0n) is 13.5. The lowest BCUT2D eigenvalue weighted by atomic mass is 9.95. The molecule has 0 aliphatic carbocycles. The summed E-state index contributed by atoms with van der Waals surface area (Å²) < 4.78 is 4.45. The van der Waals surface area contributed by atoms with E-state index in [4.69, 9.17) is 4.98 Å². The third-order valence-corrected chi connectivity index (χ3v) is 3.97. The van der Waals surface area contributed by atoms with Crippen LogP contribution in [0, 0.1) is 6.92 Å². The quantitative estimate of drug-likeness (QED) is 0.939. The lowest BCUT2D eigenvalue weighted by Crippen LogP contribution is -2.26. The van der Waals surface area contributed by atoms with Crippen LogP contribution in [0.4, 0.5) is 0 Å². The first-order chi connectivity index (χ1) is 9.95. The fourth-order valence-corrected chi connectivity index (χ4v) is 2.98. The third kappa shape index (κ3) is 2.88.